The first-order valence-corrected chi connectivity index (χ1v) is 5.78. The number of para-hydroxylation sites is 1. The van der Waals surface area contributed by atoms with Gasteiger partial charge in [-0.1, -0.05) is 32.0 Å². The van der Waals surface area contributed by atoms with Crippen molar-refractivity contribution < 1.29 is 5.11 Å². The van der Waals surface area contributed by atoms with Crippen molar-refractivity contribution >= 4 is 10.9 Å². The minimum Gasteiger partial charge on any atom is -0.395 e. The third kappa shape index (κ3) is 1.11. The van der Waals surface area contributed by atoms with E-state index in [4.69, 9.17) is 0 Å². The van der Waals surface area contributed by atoms with E-state index in [1.54, 1.807) is 0 Å². The molecular formula is C14H17NO. The van der Waals surface area contributed by atoms with E-state index in [0.29, 0.717) is 0 Å². The van der Waals surface area contributed by atoms with Gasteiger partial charge < -0.3 is 10.1 Å². The van der Waals surface area contributed by atoms with E-state index < -0.39 is 0 Å². The van der Waals surface area contributed by atoms with Gasteiger partial charge in [0.1, 0.15) is 0 Å². The minimum absolute atomic E-state index is 0.0496. The molecule has 2 heteroatoms. The SMILES string of the molecule is CC1(C)CC1(CO)c1cc2ccccc2[nH]1. The summed E-state index contributed by atoms with van der Waals surface area (Å²) in [5.74, 6) is 0. The first-order valence-electron chi connectivity index (χ1n) is 5.78. The first-order chi connectivity index (χ1) is 7.59. The lowest BCUT2D eigenvalue weighted by atomic mass is 9.93. The summed E-state index contributed by atoms with van der Waals surface area (Å²) in [7, 11) is 0. The summed E-state index contributed by atoms with van der Waals surface area (Å²) in [6, 6.07) is 10.4. The Bertz CT molecular complexity index is 507. The number of hydrogen-bond donors (Lipinski definition) is 2. The molecule has 0 bridgehead atoms. The number of fused-ring (bicyclic) bond motifs is 1. The second-order valence-corrected chi connectivity index (χ2v) is 5.57. The molecule has 1 aliphatic rings. The van der Waals surface area contributed by atoms with Gasteiger partial charge in [-0.3, -0.25) is 0 Å². The fourth-order valence-corrected chi connectivity index (χ4v) is 2.86. The Morgan fingerprint density at radius 1 is 1.31 bits per heavy atom. The van der Waals surface area contributed by atoms with Crippen molar-refractivity contribution in [3.05, 3.63) is 36.0 Å². The predicted octanol–water partition coefficient (Wildman–Crippen LogP) is 2.83. The van der Waals surface area contributed by atoms with Crippen LogP contribution in [0.5, 0.6) is 0 Å². The van der Waals surface area contributed by atoms with Crippen molar-refractivity contribution in [1.82, 2.24) is 4.98 Å². The molecule has 1 heterocycles. The van der Waals surface area contributed by atoms with Crippen LogP contribution in [0.2, 0.25) is 0 Å². The monoisotopic (exact) mass is 215 g/mol. The maximum absolute atomic E-state index is 9.65. The van der Waals surface area contributed by atoms with Crippen LogP contribution in [0.15, 0.2) is 30.3 Å². The Balaban J connectivity index is 2.13. The molecule has 84 valence electrons. The van der Waals surface area contributed by atoms with Gasteiger partial charge in [-0.15, -0.1) is 0 Å². The van der Waals surface area contributed by atoms with Crippen LogP contribution >= 0.6 is 0 Å². The molecule has 1 aliphatic carbocycles. The maximum Gasteiger partial charge on any atom is 0.0547 e. The zero-order valence-electron chi connectivity index (χ0n) is 9.75. The van der Waals surface area contributed by atoms with Crippen molar-refractivity contribution in [1.29, 1.82) is 0 Å². The highest BCUT2D eigenvalue weighted by Gasteiger charge is 2.62. The van der Waals surface area contributed by atoms with E-state index in [0.717, 1.165) is 11.9 Å². The van der Waals surface area contributed by atoms with Gasteiger partial charge in [-0.2, -0.15) is 0 Å². The standard InChI is InChI=1S/C14H17NO/c1-13(2)8-14(13,9-16)12-7-10-5-3-4-6-11(10)15-12/h3-7,15-16H,8-9H2,1-2H3. The lowest BCUT2D eigenvalue weighted by molar-refractivity contribution is 0.229. The van der Waals surface area contributed by atoms with Crippen molar-refractivity contribution in [3.8, 4) is 0 Å². The molecule has 1 fully saturated rings. The molecule has 0 radical (unpaired) electrons. The molecule has 1 unspecified atom stereocenters. The highest BCUT2D eigenvalue weighted by Crippen LogP contribution is 2.63. The summed E-state index contributed by atoms with van der Waals surface area (Å²) in [4.78, 5) is 3.44. The average Bonchev–Trinajstić information content (AvgIpc) is 2.67. The Kier molecular flexibility index (Phi) is 1.79. The second kappa shape index (κ2) is 2.89. The van der Waals surface area contributed by atoms with Crippen LogP contribution in [-0.2, 0) is 5.41 Å². The van der Waals surface area contributed by atoms with E-state index >= 15 is 0 Å². The first kappa shape index (κ1) is 9.91. The zero-order chi connectivity index (χ0) is 11.4. The number of H-pyrrole nitrogens is 1. The normalized spacial score (nSPS) is 27.2. The number of nitrogens with one attached hydrogen (secondary N) is 1. The molecule has 0 aliphatic heterocycles. The quantitative estimate of drug-likeness (QED) is 0.794. The molecule has 1 atom stereocenters. The van der Waals surface area contributed by atoms with Gasteiger partial charge in [0, 0.05) is 16.6 Å². The van der Waals surface area contributed by atoms with Gasteiger partial charge in [0.05, 0.1) is 6.61 Å². The molecule has 0 spiro atoms. The fourth-order valence-electron chi connectivity index (χ4n) is 2.86. The van der Waals surface area contributed by atoms with E-state index in [9.17, 15) is 5.11 Å². The van der Waals surface area contributed by atoms with Gasteiger partial charge >= 0.3 is 0 Å². The van der Waals surface area contributed by atoms with E-state index in [1.165, 1.54) is 11.1 Å². The van der Waals surface area contributed by atoms with Crippen molar-refractivity contribution in [2.75, 3.05) is 6.61 Å². The fraction of sp³-hybridized carbons (Fsp3) is 0.429. The smallest absolute Gasteiger partial charge is 0.0547 e. The lowest BCUT2D eigenvalue weighted by Crippen LogP contribution is -2.19. The number of aliphatic hydroxyl groups is 1. The van der Waals surface area contributed by atoms with Crippen LogP contribution in [0.3, 0.4) is 0 Å². The van der Waals surface area contributed by atoms with Gasteiger partial charge in [0.25, 0.3) is 0 Å². The van der Waals surface area contributed by atoms with Crippen molar-refractivity contribution in [2.45, 2.75) is 25.7 Å². The summed E-state index contributed by atoms with van der Waals surface area (Å²) in [5, 5.41) is 10.9. The summed E-state index contributed by atoms with van der Waals surface area (Å²) in [6.45, 7) is 4.66. The third-order valence-electron chi connectivity index (χ3n) is 4.23. The molecule has 2 N–H and O–H groups in total. The Morgan fingerprint density at radius 2 is 2.00 bits per heavy atom. The van der Waals surface area contributed by atoms with Crippen molar-refractivity contribution in [2.24, 2.45) is 5.41 Å². The molecule has 3 rings (SSSR count). The number of aliphatic hydroxyl groups excluding tert-OH is 1. The molecule has 2 nitrogen and oxygen atoms in total. The molecule has 0 saturated heterocycles. The number of aromatic nitrogens is 1. The minimum atomic E-state index is -0.0496. The topological polar surface area (TPSA) is 36.0 Å². The molecule has 1 saturated carbocycles. The lowest BCUT2D eigenvalue weighted by Gasteiger charge is -2.15. The predicted molar refractivity (Wildman–Crippen MR) is 65.5 cm³/mol. The summed E-state index contributed by atoms with van der Waals surface area (Å²) < 4.78 is 0. The summed E-state index contributed by atoms with van der Waals surface area (Å²) in [6.07, 6.45) is 1.06. The molecule has 0 amide bonds. The summed E-state index contributed by atoms with van der Waals surface area (Å²) in [5.41, 5.74) is 2.50. The molecule has 1 aromatic carbocycles. The average molecular weight is 215 g/mol. The number of rotatable bonds is 2. The van der Waals surface area contributed by atoms with Crippen LogP contribution in [0.25, 0.3) is 10.9 Å². The van der Waals surface area contributed by atoms with Crippen molar-refractivity contribution in [3.63, 3.8) is 0 Å². The van der Waals surface area contributed by atoms with Crippen LogP contribution in [0.1, 0.15) is 26.0 Å². The maximum atomic E-state index is 9.65. The van der Waals surface area contributed by atoms with E-state index in [2.05, 4.69) is 37.0 Å². The van der Waals surface area contributed by atoms with Gasteiger partial charge in [-0.05, 0) is 29.4 Å². The zero-order valence-corrected chi connectivity index (χ0v) is 9.75. The van der Waals surface area contributed by atoms with Gasteiger partial charge in [0.15, 0.2) is 0 Å². The van der Waals surface area contributed by atoms with E-state index in [-0.39, 0.29) is 17.4 Å². The van der Waals surface area contributed by atoms with Crippen LogP contribution in [0, 0.1) is 5.41 Å². The van der Waals surface area contributed by atoms with Gasteiger partial charge in [-0.25, -0.2) is 0 Å². The third-order valence-corrected chi connectivity index (χ3v) is 4.23. The number of hydrogen-bond acceptors (Lipinski definition) is 1. The van der Waals surface area contributed by atoms with Crippen LogP contribution < -0.4 is 0 Å². The molecule has 1 aromatic heterocycles. The van der Waals surface area contributed by atoms with Crippen LogP contribution in [-0.4, -0.2) is 16.7 Å². The highest BCUT2D eigenvalue weighted by atomic mass is 16.3. The highest BCUT2D eigenvalue weighted by molar-refractivity contribution is 5.80. The second-order valence-electron chi connectivity index (χ2n) is 5.57. The Hall–Kier alpha value is -1.28. The molecule has 16 heavy (non-hydrogen) atoms. The Labute approximate surface area is 95.3 Å². The summed E-state index contributed by atoms with van der Waals surface area (Å²) >= 11 is 0. The number of benzene rings is 1. The molecule has 2 aromatic rings. The van der Waals surface area contributed by atoms with Gasteiger partial charge in [0.2, 0.25) is 0 Å². The van der Waals surface area contributed by atoms with Crippen LogP contribution in [0.4, 0.5) is 0 Å². The van der Waals surface area contributed by atoms with E-state index in [1.807, 2.05) is 12.1 Å². The number of aromatic amines is 1. The molecular weight excluding hydrogens is 198 g/mol. The largest absolute Gasteiger partial charge is 0.395 e. The Morgan fingerprint density at radius 3 is 2.56 bits per heavy atom.